The van der Waals surface area contributed by atoms with E-state index >= 15 is 0 Å². The van der Waals surface area contributed by atoms with Crippen molar-refractivity contribution in [3.8, 4) is 62.6 Å². The number of aromatic nitrogens is 6. The molecule has 0 unspecified atom stereocenters. The van der Waals surface area contributed by atoms with Crippen molar-refractivity contribution < 1.29 is 4.42 Å². The number of para-hydroxylation sites is 3. The summed E-state index contributed by atoms with van der Waals surface area (Å²) in [5.41, 5.74) is 11.3. The molecule has 0 spiro atoms. The standard InChI is InChI=1S/C53H32N6O/c1-3-13-34(14-4-1)50-56-51(58-52(57-50)36-27-29-38(30-28-36)59-44-21-11-8-17-39(44)40-18-9-12-22-45(40)59)35-25-23-33(24-26-35)48-42-31-32-46-49(47(42)41-19-7-10-20-43(41)54-48)55-53(60-46)37-15-5-2-6-16-37/h1-32H. The second kappa shape index (κ2) is 13.7. The minimum atomic E-state index is 0.589. The van der Waals surface area contributed by atoms with Crippen LogP contribution in [0.3, 0.4) is 0 Å². The van der Waals surface area contributed by atoms with Crippen molar-refractivity contribution in [1.29, 1.82) is 0 Å². The lowest BCUT2D eigenvalue weighted by Gasteiger charge is -2.12. The zero-order valence-electron chi connectivity index (χ0n) is 32.1. The average molecular weight is 769 g/mol. The molecule has 4 aromatic heterocycles. The molecule has 280 valence electrons. The summed E-state index contributed by atoms with van der Waals surface area (Å²) in [6.45, 7) is 0. The molecular weight excluding hydrogens is 737 g/mol. The van der Waals surface area contributed by atoms with Gasteiger partial charge < -0.3 is 8.98 Å². The number of hydrogen-bond acceptors (Lipinski definition) is 6. The van der Waals surface area contributed by atoms with Gasteiger partial charge in [-0.1, -0.05) is 127 Å². The fourth-order valence-corrected chi connectivity index (χ4v) is 8.44. The van der Waals surface area contributed by atoms with Crippen LogP contribution in [0.15, 0.2) is 199 Å². The number of oxazole rings is 1. The monoisotopic (exact) mass is 768 g/mol. The molecular formula is C53H32N6O. The lowest BCUT2D eigenvalue weighted by molar-refractivity contribution is 0.620. The highest BCUT2D eigenvalue weighted by molar-refractivity contribution is 6.20. The highest BCUT2D eigenvalue weighted by Crippen LogP contribution is 2.39. The van der Waals surface area contributed by atoms with Crippen molar-refractivity contribution in [3.63, 3.8) is 0 Å². The van der Waals surface area contributed by atoms with Crippen LogP contribution in [-0.2, 0) is 0 Å². The zero-order chi connectivity index (χ0) is 39.6. The summed E-state index contributed by atoms with van der Waals surface area (Å²) in [6, 6.07) is 66.3. The fraction of sp³-hybridized carbons (Fsp3) is 0. The normalized spacial score (nSPS) is 11.7. The first-order valence-corrected chi connectivity index (χ1v) is 19.9. The lowest BCUT2D eigenvalue weighted by Crippen LogP contribution is -2.00. The summed E-state index contributed by atoms with van der Waals surface area (Å²) < 4.78 is 8.62. The smallest absolute Gasteiger partial charge is 0.227 e. The molecule has 0 bridgehead atoms. The zero-order valence-corrected chi connectivity index (χ0v) is 32.1. The van der Waals surface area contributed by atoms with Crippen molar-refractivity contribution in [2.45, 2.75) is 0 Å². The van der Waals surface area contributed by atoms with Crippen LogP contribution in [0.2, 0.25) is 0 Å². The van der Waals surface area contributed by atoms with Gasteiger partial charge in [0, 0.05) is 60.4 Å². The van der Waals surface area contributed by atoms with E-state index in [9.17, 15) is 0 Å². The molecule has 0 atom stereocenters. The van der Waals surface area contributed by atoms with Crippen LogP contribution in [0.5, 0.6) is 0 Å². The summed E-state index contributed by atoms with van der Waals surface area (Å²) in [6.07, 6.45) is 0. The van der Waals surface area contributed by atoms with Crippen LogP contribution in [0.25, 0.3) is 117 Å². The topological polar surface area (TPSA) is 82.5 Å². The molecule has 0 saturated heterocycles. The third kappa shape index (κ3) is 5.56. The SMILES string of the molecule is c1ccc(-c2nc(-c3ccc(-c4nc5ccccc5c5c4ccc4oc(-c6ccccc6)nc45)cc3)nc(-c3ccc(-n4c5ccccc5c5ccccc54)cc3)n2)cc1. The molecule has 0 aliphatic carbocycles. The van der Waals surface area contributed by atoms with E-state index in [0.29, 0.717) is 23.4 Å². The van der Waals surface area contributed by atoms with E-state index in [1.54, 1.807) is 0 Å². The average Bonchev–Trinajstić information content (AvgIpc) is 3.92. The second-order valence-corrected chi connectivity index (χ2v) is 14.9. The molecule has 0 radical (unpaired) electrons. The first kappa shape index (κ1) is 33.8. The van der Waals surface area contributed by atoms with Crippen LogP contribution >= 0.6 is 0 Å². The van der Waals surface area contributed by atoms with Gasteiger partial charge in [-0.25, -0.2) is 24.9 Å². The highest BCUT2D eigenvalue weighted by atomic mass is 16.3. The van der Waals surface area contributed by atoms with Gasteiger partial charge in [0.2, 0.25) is 5.89 Å². The second-order valence-electron chi connectivity index (χ2n) is 14.9. The van der Waals surface area contributed by atoms with E-state index in [4.69, 9.17) is 29.3 Å². The Kier molecular flexibility index (Phi) is 7.71. The maximum Gasteiger partial charge on any atom is 0.227 e. The minimum Gasteiger partial charge on any atom is -0.436 e. The first-order valence-electron chi connectivity index (χ1n) is 19.9. The van der Waals surface area contributed by atoms with Gasteiger partial charge in [-0.15, -0.1) is 0 Å². The Balaban J connectivity index is 0.956. The van der Waals surface area contributed by atoms with E-state index in [-0.39, 0.29) is 0 Å². The van der Waals surface area contributed by atoms with Crippen molar-refractivity contribution in [2.24, 2.45) is 0 Å². The van der Waals surface area contributed by atoms with Gasteiger partial charge in [-0.3, -0.25) is 0 Å². The maximum atomic E-state index is 6.31. The Morgan fingerprint density at radius 2 is 0.850 bits per heavy atom. The molecule has 0 N–H and O–H groups in total. The fourth-order valence-electron chi connectivity index (χ4n) is 8.44. The minimum absolute atomic E-state index is 0.589. The number of nitrogens with zero attached hydrogens (tertiary/aromatic N) is 6. The van der Waals surface area contributed by atoms with Crippen molar-refractivity contribution in [3.05, 3.63) is 194 Å². The molecule has 12 aromatic rings. The Labute approximate surface area is 343 Å². The molecule has 4 heterocycles. The molecule has 8 aromatic carbocycles. The number of hydrogen-bond donors (Lipinski definition) is 0. The van der Waals surface area contributed by atoms with Gasteiger partial charge in [-0.2, -0.15) is 0 Å². The number of fused-ring (bicyclic) bond motifs is 8. The van der Waals surface area contributed by atoms with Crippen LogP contribution in [0, 0.1) is 0 Å². The summed E-state index contributed by atoms with van der Waals surface area (Å²) in [7, 11) is 0. The van der Waals surface area contributed by atoms with E-state index in [2.05, 4.69) is 120 Å². The Morgan fingerprint density at radius 1 is 0.350 bits per heavy atom. The predicted octanol–water partition coefficient (Wildman–Crippen LogP) is 13.1. The van der Waals surface area contributed by atoms with Crippen LogP contribution in [0.1, 0.15) is 0 Å². The molecule has 12 rings (SSSR count). The Morgan fingerprint density at radius 3 is 1.48 bits per heavy atom. The molecule has 7 nitrogen and oxygen atoms in total. The van der Waals surface area contributed by atoms with Gasteiger partial charge >= 0.3 is 0 Å². The summed E-state index contributed by atoms with van der Waals surface area (Å²) in [5.74, 6) is 2.40. The first-order chi connectivity index (χ1) is 29.7. The Bertz CT molecular complexity index is 3520. The maximum absolute atomic E-state index is 6.31. The van der Waals surface area contributed by atoms with Gasteiger partial charge in [0.1, 0.15) is 5.52 Å². The van der Waals surface area contributed by atoms with Gasteiger partial charge in [0.25, 0.3) is 0 Å². The van der Waals surface area contributed by atoms with Crippen LogP contribution in [0.4, 0.5) is 0 Å². The van der Waals surface area contributed by atoms with Gasteiger partial charge in [-0.05, 0) is 66.7 Å². The largest absolute Gasteiger partial charge is 0.436 e. The molecule has 0 amide bonds. The van der Waals surface area contributed by atoms with E-state index in [1.165, 1.54) is 21.8 Å². The summed E-state index contributed by atoms with van der Waals surface area (Å²) in [5, 5.41) is 5.50. The van der Waals surface area contributed by atoms with Gasteiger partial charge in [0.15, 0.2) is 23.1 Å². The molecule has 0 saturated carbocycles. The molecule has 7 heteroatoms. The molecule has 0 aliphatic rings. The van der Waals surface area contributed by atoms with E-state index in [0.717, 1.165) is 72.0 Å². The number of benzene rings is 8. The van der Waals surface area contributed by atoms with Crippen molar-refractivity contribution in [2.75, 3.05) is 0 Å². The molecule has 60 heavy (non-hydrogen) atoms. The number of pyridine rings is 1. The van der Waals surface area contributed by atoms with Gasteiger partial charge in [0.05, 0.1) is 22.2 Å². The predicted molar refractivity (Wildman–Crippen MR) is 242 cm³/mol. The van der Waals surface area contributed by atoms with E-state index in [1.807, 2.05) is 78.9 Å². The molecule has 0 aliphatic heterocycles. The molecule has 0 fully saturated rings. The lowest BCUT2D eigenvalue weighted by atomic mass is 9.98. The number of rotatable bonds is 6. The van der Waals surface area contributed by atoms with Crippen LogP contribution in [-0.4, -0.2) is 29.5 Å². The van der Waals surface area contributed by atoms with Crippen LogP contribution < -0.4 is 0 Å². The highest BCUT2D eigenvalue weighted by Gasteiger charge is 2.19. The quantitative estimate of drug-likeness (QED) is 0.157. The van der Waals surface area contributed by atoms with Crippen molar-refractivity contribution in [1.82, 2.24) is 29.5 Å². The third-order valence-corrected chi connectivity index (χ3v) is 11.3. The third-order valence-electron chi connectivity index (χ3n) is 11.3. The van der Waals surface area contributed by atoms with Crippen molar-refractivity contribution >= 4 is 54.6 Å². The summed E-state index contributed by atoms with van der Waals surface area (Å²) >= 11 is 0. The Hall–Kier alpha value is -8.29. The van der Waals surface area contributed by atoms with E-state index < -0.39 is 0 Å². The summed E-state index contributed by atoms with van der Waals surface area (Å²) in [4.78, 5) is 25.4.